The molecule has 0 saturated heterocycles. The number of hydrogen-bond acceptors (Lipinski definition) is 4. The molecule has 0 spiro atoms. The maximum absolute atomic E-state index is 10.8. The van der Waals surface area contributed by atoms with Crippen LogP contribution in [0, 0.1) is 0 Å². The summed E-state index contributed by atoms with van der Waals surface area (Å²) in [6, 6.07) is 3.27. The molecule has 0 aliphatic heterocycles. The van der Waals surface area contributed by atoms with Gasteiger partial charge >= 0.3 is 5.97 Å². The van der Waals surface area contributed by atoms with Crippen molar-refractivity contribution in [2.75, 3.05) is 13.7 Å². The average Bonchev–Trinajstić information content (AvgIpc) is 2.31. The minimum atomic E-state index is -1.05. The molecule has 0 radical (unpaired) electrons. The number of carbonyl (C=O) groups is 1. The normalized spacial score (nSPS) is 12.0. The van der Waals surface area contributed by atoms with Crippen LogP contribution in [-0.4, -0.2) is 30.8 Å². The SMILES string of the molecule is COc1cc(Cl)cc(CCN)c1OC(C)C(=O)O. The van der Waals surface area contributed by atoms with Gasteiger partial charge in [0.2, 0.25) is 0 Å². The van der Waals surface area contributed by atoms with Crippen molar-refractivity contribution in [3.05, 3.63) is 22.7 Å². The van der Waals surface area contributed by atoms with Crippen molar-refractivity contribution in [1.82, 2.24) is 0 Å². The molecule has 1 unspecified atom stereocenters. The van der Waals surface area contributed by atoms with Gasteiger partial charge in [0, 0.05) is 16.7 Å². The van der Waals surface area contributed by atoms with E-state index in [1.54, 1.807) is 12.1 Å². The van der Waals surface area contributed by atoms with Crippen LogP contribution in [0.15, 0.2) is 12.1 Å². The molecule has 0 heterocycles. The lowest BCUT2D eigenvalue weighted by Crippen LogP contribution is -2.24. The number of methoxy groups -OCH3 is 1. The van der Waals surface area contributed by atoms with Crippen LogP contribution in [-0.2, 0) is 11.2 Å². The summed E-state index contributed by atoms with van der Waals surface area (Å²) in [5.74, 6) is -0.271. The third-order valence-electron chi connectivity index (χ3n) is 2.37. The second kappa shape index (κ2) is 6.47. The Balaban J connectivity index is 3.15. The number of rotatable bonds is 6. The predicted octanol–water partition coefficient (Wildman–Crippen LogP) is 1.70. The van der Waals surface area contributed by atoms with E-state index >= 15 is 0 Å². The summed E-state index contributed by atoms with van der Waals surface area (Å²) in [5.41, 5.74) is 6.24. The fourth-order valence-corrected chi connectivity index (χ4v) is 1.71. The van der Waals surface area contributed by atoms with Gasteiger partial charge in [-0.1, -0.05) is 11.6 Å². The highest BCUT2D eigenvalue weighted by Gasteiger charge is 2.19. The second-order valence-corrected chi connectivity index (χ2v) is 4.17. The smallest absolute Gasteiger partial charge is 0.344 e. The number of halogens is 1. The summed E-state index contributed by atoms with van der Waals surface area (Å²) >= 11 is 5.94. The first-order valence-corrected chi connectivity index (χ1v) is 5.83. The molecule has 1 rings (SSSR count). The van der Waals surface area contributed by atoms with Gasteiger partial charge in [-0.05, 0) is 26.0 Å². The Bertz CT molecular complexity index is 436. The Morgan fingerprint density at radius 3 is 2.72 bits per heavy atom. The highest BCUT2D eigenvalue weighted by Crippen LogP contribution is 2.35. The van der Waals surface area contributed by atoms with E-state index in [1.807, 2.05) is 0 Å². The van der Waals surface area contributed by atoms with Gasteiger partial charge in [-0.25, -0.2) is 4.79 Å². The number of benzene rings is 1. The maximum Gasteiger partial charge on any atom is 0.344 e. The molecule has 18 heavy (non-hydrogen) atoms. The first-order valence-electron chi connectivity index (χ1n) is 5.45. The summed E-state index contributed by atoms with van der Waals surface area (Å²) in [5, 5.41) is 9.36. The van der Waals surface area contributed by atoms with E-state index in [0.29, 0.717) is 29.5 Å². The van der Waals surface area contributed by atoms with E-state index in [0.717, 1.165) is 5.56 Å². The lowest BCUT2D eigenvalue weighted by Gasteiger charge is -2.17. The zero-order chi connectivity index (χ0) is 13.7. The van der Waals surface area contributed by atoms with Crippen LogP contribution in [0.4, 0.5) is 0 Å². The zero-order valence-electron chi connectivity index (χ0n) is 10.3. The van der Waals surface area contributed by atoms with E-state index < -0.39 is 12.1 Å². The quantitative estimate of drug-likeness (QED) is 0.824. The summed E-state index contributed by atoms with van der Waals surface area (Å²) in [6.07, 6.45) is -0.449. The maximum atomic E-state index is 10.8. The summed E-state index contributed by atoms with van der Waals surface area (Å²) in [7, 11) is 1.47. The van der Waals surface area contributed by atoms with Gasteiger partial charge in [-0.2, -0.15) is 0 Å². The van der Waals surface area contributed by atoms with Crippen molar-refractivity contribution in [3.8, 4) is 11.5 Å². The van der Waals surface area contributed by atoms with E-state index in [-0.39, 0.29) is 0 Å². The third kappa shape index (κ3) is 3.51. The van der Waals surface area contributed by atoms with E-state index in [9.17, 15) is 4.79 Å². The number of carboxylic acids is 1. The lowest BCUT2D eigenvalue weighted by atomic mass is 10.1. The van der Waals surface area contributed by atoms with Crippen molar-refractivity contribution >= 4 is 17.6 Å². The highest BCUT2D eigenvalue weighted by molar-refractivity contribution is 6.30. The van der Waals surface area contributed by atoms with Crippen LogP contribution >= 0.6 is 11.6 Å². The molecule has 1 atom stereocenters. The number of nitrogens with two attached hydrogens (primary N) is 1. The van der Waals surface area contributed by atoms with Crippen molar-refractivity contribution < 1.29 is 19.4 Å². The molecule has 0 aliphatic carbocycles. The number of ether oxygens (including phenoxy) is 2. The van der Waals surface area contributed by atoms with Gasteiger partial charge < -0.3 is 20.3 Å². The average molecular weight is 274 g/mol. The highest BCUT2D eigenvalue weighted by atomic mass is 35.5. The molecule has 0 aliphatic rings. The first kappa shape index (κ1) is 14.6. The molecule has 0 amide bonds. The van der Waals surface area contributed by atoms with Gasteiger partial charge in [-0.3, -0.25) is 0 Å². The van der Waals surface area contributed by atoms with E-state index in [2.05, 4.69) is 0 Å². The molecule has 3 N–H and O–H groups in total. The van der Waals surface area contributed by atoms with E-state index in [4.69, 9.17) is 31.9 Å². The van der Waals surface area contributed by atoms with Gasteiger partial charge in [0.15, 0.2) is 17.6 Å². The standard InChI is InChI=1S/C12H16ClNO4/c1-7(12(15)16)18-11-8(3-4-14)5-9(13)6-10(11)17-2/h5-7H,3-4,14H2,1-2H3,(H,15,16). The molecule has 0 bridgehead atoms. The van der Waals surface area contributed by atoms with Gasteiger partial charge in [0.1, 0.15) is 0 Å². The second-order valence-electron chi connectivity index (χ2n) is 3.73. The van der Waals surface area contributed by atoms with Crippen molar-refractivity contribution in [2.24, 2.45) is 5.73 Å². The fourth-order valence-electron chi connectivity index (χ4n) is 1.48. The fraction of sp³-hybridized carbons (Fsp3) is 0.417. The third-order valence-corrected chi connectivity index (χ3v) is 2.59. The van der Waals surface area contributed by atoms with Crippen LogP contribution in [0.3, 0.4) is 0 Å². The minimum absolute atomic E-state index is 0.377. The molecular formula is C12H16ClNO4. The summed E-state index contributed by atoms with van der Waals surface area (Å²) in [4.78, 5) is 10.8. The minimum Gasteiger partial charge on any atom is -0.493 e. The Kier molecular flexibility index (Phi) is 5.25. The molecule has 6 heteroatoms. The molecular weight excluding hydrogens is 258 g/mol. The Labute approximate surface area is 110 Å². The number of hydrogen-bond donors (Lipinski definition) is 2. The van der Waals surface area contributed by atoms with Crippen LogP contribution in [0.2, 0.25) is 5.02 Å². The van der Waals surface area contributed by atoms with Crippen molar-refractivity contribution in [1.29, 1.82) is 0 Å². The summed E-state index contributed by atoms with van der Waals surface area (Å²) < 4.78 is 10.5. The molecule has 0 fully saturated rings. The van der Waals surface area contributed by atoms with E-state index in [1.165, 1.54) is 14.0 Å². The number of carboxylic acid groups (broad SMARTS) is 1. The number of aliphatic carboxylic acids is 1. The largest absolute Gasteiger partial charge is 0.493 e. The molecule has 1 aromatic rings. The molecule has 0 saturated carbocycles. The van der Waals surface area contributed by atoms with Crippen LogP contribution in [0.5, 0.6) is 11.5 Å². The Morgan fingerprint density at radius 2 is 2.22 bits per heavy atom. The molecule has 100 valence electrons. The van der Waals surface area contributed by atoms with Crippen LogP contribution < -0.4 is 15.2 Å². The van der Waals surface area contributed by atoms with Crippen molar-refractivity contribution in [3.63, 3.8) is 0 Å². The first-order chi connectivity index (χ1) is 8.49. The Hall–Kier alpha value is -1.46. The van der Waals surface area contributed by atoms with Crippen LogP contribution in [0.1, 0.15) is 12.5 Å². The van der Waals surface area contributed by atoms with Gasteiger partial charge in [0.25, 0.3) is 0 Å². The molecule has 1 aromatic carbocycles. The molecule has 5 nitrogen and oxygen atoms in total. The van der Waals surface area contributed by atoms with Gasteiger partial charge in [-0.15, -0.1) is 0 Å². The molecule has 0 aromatic heterocycles. The summed E-state index contributed by atoms with van der Waals surface area (Å²) in [6.45, 7) is 1.85. The van der Waals surface area contributed by atoms with Crippen LogP contribution in [0.25, 0.3) is 0 Å². The van der Waals surface area contributed by atoms with Gasteiger partial charge in [0.05, 0.1) is 7.11 Å². The monoisotopic (exact) mass is 273 g/mol. The lowest BCUT2D eigenvalue weighted by molar-refractivity contribution is -0.144. The van der Waals surface area contributed by atoms with Crippen molar-refractivity contribution in [2.45, 2.75) is 19.4 Å². The zero-order valence-corrected chi connectivity index (χ0v) is 11.0. The Morgan fingerprint density at radius 1 is 1.56 bits per heavy atom. The predicted molar refractivity (Wildman–Crippen MR) is 68.5 cm³/mol. The topological polar surface area (TPSA) is 81.8 Å².